The van der Waals surface area contributed by atoms with Crippen molar-refractivity contribution >= 4 is 34.0 Å². The standard InChI is InChI=1S/C28H25N3O3S/c1-18-9-11-21(12-10-18)31-26(35-28(30-31)27(32)19-7-5-4-6-8-19)17-23-22-16-25(34-3)24(33-2)15-20(22)13-14-29-23/h4-12,15-17H,13-14H2,1-3H3. The number of ether oxygens (including phenoxy) is 2. The molecule has 0 amide bonds. The van der Waals surface area contributed by atoms with Crippen molar-refractivity contribution in [3.8, 4) is 11.5 Å². The second-order valence-corrected chi connectivity index (χ2v) is 9.22. The number of hydrogen-bond donors (Lipinski definition) is 0. The molecule has 176 valence electrons. The van der Waals surface area contributed by atoms with Crippen LogP contribution in [0, 0.1) is 6.92 Å². The second-order valence-electron chi connectivity index (χ2n) is 8.21. The molecule has 5 rings (SSSR count). The third-order valence-electron chi connectivity index (χ3n) is 5.92. The number of benzene rings is 3. The lowest BCUT2D eigenvalue weighted by atomic mass is 9.96. The van der Waals surface area contributed by atoms with Crippen LogP contribution < -0.4 is 14.5 Å². The van der Waals surface area contributed by atoms with Crippen LogP contribution >= 0.6 is 11.8 Å². The Balaban J connectivity index is 1.55. The van der Waals surface area contributed by atoms with Gasteiger partial charge in [0.2, 0.25) is 5.78 Å². The molecule has 2 heterocycles. The van der Waals surface area contributed by atoms with Gasteiger partial charge in [-0.3, -0.25) is 9.79 Å². The van der Waals surface area contributed by atoms with Gasteiger partial charge in [0, 0.05) is 17.7 Å². The van der Waals surface area contributed by atoms with E-state index in [1.54, 1.807) is 14.2 Å². The molecule has 7 heteroatoms. The molecule has 0 saturated heterocycles. The van der Waals surface area contributed by atoms with E-state index in [4.69, 9.17) is 19.6 Å². The number of anilines is 1. The number of hydrazone groups is 1. The first kappa shape index (κ1) is 22.9. The number of allylic oxidation sites excluding steroid dienone is 1. The number of Topliss-reactive ketones (excluding diaryl/α,β-unsaturated/α-hetero) is 1. The summed E-state index contributed by atoms with van der Waals surface area (Å²) in [6.07, 6.45) is 2.83. The Hall–Kier alpha value is -3.84. The van der Waals surface area contributed by atoms with Gasteiger partial charge in [0.15, 0.2) is 16.5 Å². The quantitative estimate of drug-likeness (QED) is 0.424. The predicted octanol–water partition coefficient (Wildman–Crippen LogP) is 5.65. The fraction of sp³-hybridized carbons (Fsp3) is 0.179. The third-order valence-corrected chi connectivity index (χ3v) is 6.88. The largest absolute Gasteiger partial charge is 0.493 e. The normalized spacial score (nSPS) is 16.0. The minimum atomic E-state index is -0.103. The first-order valence-electron chi connectivity index (χ1n) is 11.3. The van der Waals surface area contributed by atoms with Gasteiger partial charge in [-0.05, 0) is 61.0 Å². The van der Waals surface area contributed by atoms with Gasteiger partial charge in [0.25, 0.3) is 0 Å². The van der Waals surface area contributed by atoms with Gasteiger partial charge in [-0.15, -0.1) is 0 Å². The van der Waals surface area contributed by atoms with Crippen molar-refractivity contribution in [2.24, 2.45) is 10.1 Å². The number of carbonyl (C=O) groups is 1. The van der Waals surface area contributed by atoms with E-state index in [0.29, 0.717) is 28.7 Å². The molecule has 0 aliphatic carbocycles. The summed E-state index contributed by atoms with van der Waals surface area (Å²) in [7, 11) is 3.27. The number of thioether (sulfide) groups is 1. The fourth-order valence-corrected chi connectivity index (χ4v) is 4.99. The molecule has 3 aromatic carbocycles. The van der Waals surface area contributed by atoms with Gasteiger partial charge in [0.05, 0.1) is 25.6 Å². The van der Waals surface area contributed by atoms with E-state index >= 15 is 0 Å². The fourth-order valence-electron chi connectivity index (χ4n) is 4.06. The lowest BCUT2D eigenvalue weighted by Crippen LogP contribution is -2.15. The zero-order valence-corrected chi connectivity index (χ0v) is 20.6. The molecule has 0 bridgehead atoms. The summed E-state index contributed by atoms with van der Waals surface area (Å²) in [5, 5.41) is 7.78. The molecule has 2 aliphatic heterocycles. The van der Waals surface area contributed by atoms with Crippen molar-refractivity contribution in [3.05, 3.63) is 100 Å². The van der Waals surface area contributed by atoms with Crippen LogP contribution in [-0.2, 0) is 6.42 Å². The highest BCUT2D eigenvalue weighted by molar-refractivity contribution is 8.19. The van der Waals surface area contributed by atoms with Gasteiger partial charge in [-0.2, -0.15) is 5.10 Å². The molecule has 0 radical (unpaired) electrons. The first-order chi connectivity index (χ1) is 17.1. The predicted molar refractivity (Wildman–Crippen MR) is 142 cm³/mol. The highest BCUT2D eigenvalue weighted by Crippen LogP contribution is 2.38. The summed E-state index contributed by atoms with van der Waals surface area (Å²) in [5.74, 6) is 1.26. The van der Waals surface area contributed by atoms with E-state index in [9.17, 15) is 4.79 Å². The molecule has 2 aliphatic rings. The molecule has 0 saturated carbocycles. The van der Waals surface area contributed by atoms with E-state index < -0.39 is 0 Å². The third kappa shape index (κ3) is 4.59. The maximum atomic E-state index is 13.2. The summed E-state index contributed by atoms with van der Waals surface area (Å²) in [4.78, 5) is 18.0. The van der Waals surface area contributed by atoms with E-state index in [0.717, 1.165) is 39.5 Å². The maximum absolute atomic E-state index is 13.2. The maximum Gasteiger partial charge on any atom is 0.220 e. The lowest BCUT2D eigenvalue weighted by molar-refractivity contribution is 0.106. The number of carbonyl (C=O) groups excluding carboxylic acids is 1. The van der Waals surface area contributed by atoms with Crippen LogP contribution in [0.4, 0.5) is 5.69 Å². The zero-order valence-electron chi connectivity index (χ0n) is 19.8. The van der Waals surface area contributed by atoms with E-state index in [2.05, 4.69) is 0 Å². The second kappa shape index (κ2) is 9.80. The topological polar surface area (TPSA) is 63.5 Å². The number of aryl methyl sites for hydroxylation is 1. The molecular weight excluding hydrogens is 458 g/mol. The Bertz CT molecular complexity index is 1360. The first-order valence-corrected chi connectivity index (χ1v) is 12.1. The van der Waals surface area contributed by atoms with E-state index in [1.165, 1.54) is 11.8 Å². The Kier molecular flexibility index (Phi) is 6.42. The SMILES string of the molecule is COc1cc2c(cc1OC)C(C=C1SC(C(=O)c3ccccc3)=NN1c1ccc(C)cc1)=NCC2. The number of ketones is 1. The average Bonchev–Trinajstić information content (AvgIpc) is 3.32. The van der Waals surface area contributed by atoms with Crippen molar-refractivity contribution in [1.29, 1.82) is 0 Å². The highest BCUT2D eigenvalue weighted by Gasteiger charge is 2.29. The number of rotatable bonds is 6. The average molecular weight is 484 g/mol. The number of nitrogens with zero attached hydrogens (tertiary/aromatic N) is 3. The highest BCUT2D eigenvalue weighted by atomic mass is 32.2. The van der Waals surface area contributed by atoms with Crippen LogP contribution in [0.2, 0.25) is 0 Å². The Morgan fingerprint density at radius 2 is 1.71 bits per heavy atom. The molecule has 0 aromatic heterocycles. The van der Waals surface area contributed by atoms with Crippen LogP contribution in [0.25, 0.3) is 0 Å². The molecular formula is C28H25N3O3S. The summed E-state index contributed by atoms with van der Waals surface area (Å²) in [6, 6.07) is 21.3. The zero-order chi connectivity index (χ0) is 24.4. The van der Waals surface area contributed by atoms with Crippen LogP contribution in [0.15, 0.2) is 87.9 Å². The number of fused-ring (bicyclic) bond motifs is 1. The Morgan fingerprint density at radius 3 is 2.43 bits per heavy atom. The minimum Gasteiger partial charge on any atom is -0.493 e. The van der Waals surface area contributed by atoms with Gasteiger partial charge in [-0.25, -0.2) is 5.01 Å². The van der Waals surface area contributed by atoms with E-state index in [-0.39, 0.29) is 5.78 Å². The molecule has 0 fully saturated rings. The number of methoxy groups -OCH3 is 2. The molecule has 3 aromatic rings. The molecule has 0 N–H and O–H groups in total. The molecule has 0 spiro atoms. The number of hydrogen-bond acceptors (Lipinski definition) is 7. The van der Waals surface area contributed by atoms with Crippen molar-refractivity contribution in [1.82, 2.24) is 0 Å². The van der Waals surface area contributed by atoms with Crippen LogP contribution in [0.3, 0.4) is 0 Å². The molecule has 6 nitrogen and oxygen atoms in total. The summed E-state index contributed by atoms with van der Waals surface area (Å²) in [6.45, 7) is 2.72. The number of aliphatic imine (C=N–C) groups is 1. The summed E-state index contributed by atoms with van der Waals surface area (Å²) in [5.41, 5.74) is 5.62. The lowest BCUT2D eigenvalue weighted by Gasteiger charge is -2.20. The van der Waals surface area contributed by atoms with Gasteiger partial charge in [0.1, 0.15) is 5.03 Å². The molecule has 0 unspecified atom stereocenters. The van der Waals surface area contributed by atoms with E-state index in [1.807, 2.05) is 84.7 Å². The van der Waals surface area contributed by atoms with Gasteiger partial charge >= 0.3 is 0 Å². The van der Waals surface area contributed by atoms with Crippen LogP contribution in [-0.4, -0.2) is 37.3 Å². The van der Waals surface area contributed by atoms with Crippen LogP contribution in [0.1, 0.15) is 27.0 Å². The van der Waals surface area contributed by atoms with Crippen molar-refractivity contribution in [2.75, 3.05) is 25.8 Å². The van der Waals surface area contributed by atoms with Gasteiger partial charge < -0.3 is 9.47 Å². The monoisotopic (exact) mass is 483 g/mol. The summed E-state index contributed by atoms with van der Waals surface area (Å²) < 4.78 is 11.0. The smallest absolute Gasteiger partial charge is 0.220 e. The van der Waals surface area contributed by atoms with Crippen molar-refractivity contribution in [3.63, 3.8) is 0 Å². The van der Waals surface area contributed by atoms with Crippen molar-refractivity contribution < 1.29 is 14.3 Å². The molecule has 0 atom stereocenters. The Morgan fingerprint density at radius 1 is 1.00 bits per heavy atom. The summed E-state index contributed by atoms with van der Waals surface area (Å²) >= 11 is 1.36. The molecule has 35 heavy (non-hydrogen) atoms. The van der Waals surface area contributed by atoms with Crippen LogP contribution in [0.5, 0.6) is 11.5 Å². The Labute approximate surface area is 209 Å². The minimum absolute atomic E-state index is 0.103. The van der Waals surface area contributed by atoms with Gasteiger partial charge in [-0.1, -0.05) is 48.0 Å². The van der Waals surface area contributed by atoms with Crippen molar-refractivity contribution in [2.45, 2.75) is 13.3 Å².